The second kappa shape index (κ2) is 6.18. The summed E-state index contributed by atoms with van der Waals surface area (Å²) in [4.78, 5) is 17.2. The minimum absolute atomic E-state index is 0.0226. The maximum Gasteiger partial charge on any atom is 0.354 e. The lowest BCUT2D eigenvalue weighted by atomic mass is 9.84. The van der Waals surface area contributed by atoms with E-state index in [1.165, 1.54) is 6.07 Å². The first kappa shape index (κ1) is 15.8. The van der Waals surface area contributed by atoms with Gasteiger partial charge in [-0.2, -0.15) is 0 Å². The van der Waals surface area contributed by atoms with E-state index in [1.807, 2.05) is 23.1 Å². The number of benzene rings is 1. The first-order valence-corrected chi connectivity index (χ1v) is 7.80. The lowest BCUT2D eigenvalue weighted by Gasteiger charge is -2.39. The van der Waals surface area contributed by atoms with Crippen molar-refractivity contribution in [1.29, 1.82) is 0 Å². The molecule has 1 fully saturated rings. The second-order valence-corrected chi connectivity index (χ2v) is 6.09. The lowest BCUT2D eigenvalue weighted by molar-refractivity contribution is 0.0117. The van der Waals surface area contributed by atoms with Crippen LogP contribution in [0.5, 0.6) is 0 Å². The van der Waals surface area contributed by atoms with Gasteiger partial charge in [0.15, 0.2) is 5.69 Å². The molecule has 3 rings (SSSR count). The molecule has 0 atom stereocenters. The van der Waals surface area contributed by atoms with E-state index in [4.69, 9.17) is 16.7 Å². The third-order valence-electron chi connectivity index (χ3n) is 4.24. The minimum atomic E-state index is -1.04. The Morgan fingerprint density at radius 3 is 2.48 bits per heavy atom. The summed E-state index contributed by atoms with van der Waals surface area (Å²) >= 11 is 6.21. The number of hydrogen-bond acceptors (Lipinski definition) is 4. The number of carboxylic acids is 1. The molecule has 0 amide bonds. The summed E-state index contributed by atoms with van der Waals surface area (Å²) < 4.78 is 0. The molecule has 6 heteroatoms. The molecule has 0 saturated carbocycles. The Morgan fingerprint density at radius 2 is 1.83 bits per heavy atom. The number of carbonyl (C=O) groups is 1. The fraction of sp³-hybridized carbons (Fsp3) is 0.294. The number of rotatable bonds is 3. The molecule has 23 heavy (non-hydrogen) atoms. The van der Waals surface area contributed by atoms with Gasteiger partial charge < -0.3 is 15.1 Å². The maximum atomic E-state index is 11.0. The third kappa shape index (κ3) is 3.16. The molecule has 2 aromatic rings. The highest BCUT2D eigenvalue weighted by Gasteiger charge is 2.35. The van der Waals surface area contributed by atoms with Crippen LogP contribution in [-0.2, 0) is 5.60 Å². The van der Waals surface area contributed by atoms with Crippen LogP contribution in [0.1, 0.15) is 28.9 Å². The van der Waals surface area contributed by atoms with E-state index < -0.39 is 11.6 Å². The van der Waals surface area contributed by atoms with Crippen LogP contribution in [0.25, 0.3) is 0 Å². The number of aromatic nitrogens is 1. The summed E-state index contributed by atoms with van der Waals surface area (Å²) in [7, 11) is 0. The van der Waals surface area contributed by atoms with E-state index in [2.05, 4.69) is 4.98 Å². The molecule has 5 nitrogen and oxygen atoms in total. The molecule has 2 N–H and O–H groups in total. The van der Waals surface area contributed by atoms with Crippen molar-refractivity contribution < 1.29 is 15.0 Å². The average Bonchev–Trinajstić information content (AvgIpc) is 2.56. The fourth-order valence-corrected chi connectivity index (χ4v) is 3.24. The molecule has 1 aliphatic rings. The van der Waals surface area contributed by atoms with Crippen molar-refractivity contribution in [3.05, 3.63) is 58.7 Å². The van der Waals surface area contributed by atoms with Crippen LogP contribution < -0.4 is 4.90 Å². The van der Waals surface area contributed by atoms with Crippen molar-refractivity contribution in [3.8, 4) is 0 Å². The standard InChI is InChI=1S/C17H17ClN2O3/c18-13-5-2-1-4-12(13)17(23)8-10-20(11-9-17)15-7-3-6-14(19-15)16(21)22/h1-7,23H,8-11H2,(H,21,22). The Balaban J connectivity index is 1.77. The van der Waals surface area contributed by atoms with Crippen LogP contribution in [0.4, 0.5) is 5.82 Å². The molecule has 0 spiro atoms. The van der Waals surface area contributed by atoms with E-state index in [1.54, 1.807) is 18.2 Å². The van der Waals surface area contributed by atoms with Crippen molar-refractivity contribution in [1.82, 2.24) is 4.98 Å². The van der Waals surface area contributed by atoms with Crippen molar-refractivity contribution in [2.24, 2.45) is 0 Å². The van der Waals surface area contributed by atoms with Crippen LogP contribution in [-0.4, -0.2) is 34.3 Å². The Kier molecular flexibility index (Phi) is 4.24. The summed E-state index contributed by atoms with van der Waals surface area (Å²) in [5.74, 6) is -0.428. The summed E-state index contributed by atoms with van der Waals surface area (Å²) in [6.07, 6.45) is 1.02. The topological polar surface area (TPSA) is 73.7 Å². The Bertz CT molecular complexity index is 727. The van der Waals surface area contributed by atoms with Crippen molar-refractivity contribution >= 4 is 23.4 Å². The van der Waals surface area contributed by atoms with Gasteiger partial charge in [-0.3, -0.25) is 0 Å². The first-order chi connectivity index (χ1) is 11.0. The van der Waals surface area contributed by atoms with Gasteiger partial charge in [-0.15, -0.1) is 0 Å². The molecular formula is C17H17ClN2O3. The summed E-state index contributed by atoms with van der Waals surface area (Å²) in [5.41, 5.74) is -0.192. The molecule has 1 saturated heterocycles. The molecule has 0 aliphatic carbocycles. The van der Waals surface area contributed by atoms with E-state index in [0.29, 0.717) is 36.8 Å². The molecule has 0 bridgehead atoms. The first-order valence-electron chi connectivity index (χ1n) is 7.42. The van der Waals surface area contributed by atoms with Crippen LogP contribution in [0.2, 0.25) is 5.02 Å². The van der Waals surface area contributed by atoms with Gasteiger partial charge in [0, 0.05) is 23.7 Å². The Morgan fingerprint density at radius 1 is 1.13 bits per heavy atom. The smallest absolute Gasteiger partial charge is 0.354 e. The molecule has 0 radical (unpaired) electrons. The van der Waals surface area contributed by atoms with E-state index >= 15 is 0 Å². The molecule has 1 aromatic heterocycles. The average molecular weight is 333 g/mol. The van der Waals surface area contributed by atoms with Crippen LogP contribution in [0.3, 0.4) is 0 Å². The van der Waals surface area contributed by atoms with Gasteiger partial charge in [0.25, 0.3) is 0 Å². The Hall–Kier alpha value is -2.11. The molecule has 0 unspecified atom stereocenters. The highest BCUT2D eigenvalue weighted by atomic mass is 35.5. The second-order valence-electron chi connectivity index (χ2n) is 5.68. The highest BCUT2D eigenvalue weighted by Crippen LogP contribution is 2.37. The quantitative estimate of drug-likeness (QED) is 0.904. The minimum Gasteiger partial charge on any atom is -0.477 e. The molecular weight excluding hydrogens is 316 g/mol. The number of piperidine rings is 1. The number of pyridine rings is 1. The normalized spacial score (nSPS) is 17.0. The highest BCUT2D eigenvalue weighted by molar-refractivity contribution is 6.31. The predicted octanol–water partition coefficient (Wildman–Crippen LogP) is 2.92. The monoisotopic (exact) mass is 332 g/mol. The van der Waals surface area contributed by atoms with Crippen molar-refractivity contribution in [2.75, 3.05) is 18.0 Å². The number of aromatic carboxylic acids is 1. The number of aliphatic hydroxyl groups is 1. The Labute approximate surface area is 139 Å². The predicted molar refractivity (Wildman–Crippen MR) is 88.0 cm³/mol. The van der Waals surface area contributed by atoms with Crippen LogP contribution in [0.15, 0.2) is 42.5 Å². The van der Waals surface area contributed by atoms with Crippen molar-refractivity contribution in [3.63, 3.8) is 0 Å². The number of anilines is 1. The largest absolute Gasteiger partial charge is 0.477 e. The summed E-state index contributed by atoms with van der Waals surface area (Å²) in [6.45, 7) is 1.16. The van der Waals surface area contributed by atoms with Gasteiger partial charge in [-0.25, -0.2) is 9.78 Å². The van der Waals surface area contributed by atoms with E-state index in [0.717, 1.165) is 5.56 Å². The summed E-state index contributed by atoms with van der Waals surface area (Å²) in [5, 5.41) is 20.5. The lowest BCUT2D eigenvalue weighted by Crippen LogP contribution is -2.43. The van der Waals surface area contributed by atoms with Gasteiger partial charge in [0.1, 0.15) is 5.82 Å². The van der Waals surface area contributed by atoms with Crippen LogP contribution >= 0.6 is 11.6 Å². The zero-order valence-corrected chi connectivity index (χ0v) is 13.2. The molecule has 120 valence electrons. The zero-order valence-electron chi connectivity index (χ0n) is 12.4. The van der Waals surface area contributed by atoms with E-state index in [-0.39, 0.29) is 5.69 Å². The number of carboxylic acid groups (broad SMARTS) is 1. The zero-order chi connectivity index (χ0) is 16.4. The number of hydrogen-bond donors (Lipinski definition) is 2. The summed E-state index contributed by atoms with van der Waals surface area (Å²) in [6, 6.07) is 12.3. The van der Waals surface area contributed by atoms with Crippen LogP contribution in [0, 0.1) is 0 Å². The van der Waals surface area contributed by atoms with Gasteiger partial charge >= 0.3 is 5.97 Å². The number of halogens is 1. The maximum absolute atomic E-state index is 11.0. The molecule has 1 aromatic carbocycles. The van der Waals surface area contributed by atoms with E-state index in [9.17, 15) is 9.90 Å². The fourth-order valence-electron chi connectivity index (χ4n) is 2.93. The van der Waals surface area contributed by atoms with Gasteiger partial charge in [0.2, 0.25) is 0 Å². The van der Waals surface area contributed by atoms with Gasteiger partial charge in [0.05, 0.1) is 5.60 Å². The third-order valence-corrected chi connectivity index (χ3v) is 4.57. The molecule has 1 aliphatic heterocycles. The van der Waals surface area contributed by atoms with Crippen molar-refractivity contribution in [2.45, 2.75) is 18.4 Å². The number of nitrogens with zero attached hydrogens (tertiary/aromatic N) is 2. The SMILES string of the molecule is O=C(O)c1cccc(N2CCC(O)(c3ccccc3Cl)CC2)n1. The van der Waals surface area contributed by atoms with Gasteiger partial charge in [-0.05, 0) is 31.0 Å². The van der Waals surface area contributed by atoms with Gasteiger partial charge in [-0.1, -0.05) is 35.9 Å². The molecule has 2 heterocycles.